The first-order chi connectivity index (χ1) is 12.0. The Labute approximate surface area is 151 Å². The van der Waals surface area contributed by atoms with Crippen LogP contribution < -0.4 is 10.1 Å². The van der Waals surface area contributed by atoms with Crippen molar-refractivity contribution < 1.29 is 14.6 Å². The fraction of sp³-hybridized carbons (Fsp3) is 0.650. The summed E-state index contributed by atoms with van der Waals surface area (Å²) in [4.78, 5) is 14.5. The summed E-state index contributed by atoms with van der Waals surface area (Å²) < 4.78 is 5.14. The summed E-state index contributed by atoms with van der Waals surface area (Å²) in [6.45, 7) is 7.23. The number of likely N-dealkylation sites (tertiary alicyclic amines) is 1. The van der Waals surface area contributed by atoms with Crippen LogP contribution in [0, 0.1) is 11.8 Å². The van der Waals surface area contributed by atoms with E-state index in [0.717, 1.165) is 30.3 Å². The van der Waals surface area contributed by atoms with Gasteiger partial charge in [-0.25, -0.2) is 0 Å². The fourth-order valence-corrected chi connectivity index (χ4v) is 3.21. The van der Waals surface area contributed by atoms with Crippen molar-refractivity contribution in [1.82, 2.24) is 10.2 Å². The average molecular weight is 348 g/mol. The average Bonchev–Trinajstić information content (AvgIpc) is 2.62. The van der Waals surface area contributed by atoms with Gasteiger partial charge >= 0.3 is 0 Å². The smallest absolute Gasteiger partial charge is 0.223 e. The lowest BCUT2D eigenvalue weighted by atomic mass is 9.99. The highest BCUT2D eigenvalue weighted by Crippen LogP contribution is 2.16. The second-order valence-electron chi connectivity index (χ2n) is 7.34. The van der Waals surface area contributed by atoms with E-state index in [-0.39, 0.29) is 11.8 Å². The van der Waals surface area contributed by atoms with Gasteiger partial charge in [-0.1, -0.05) is 26.0 Å². The summed E-state index contributed by atoms with van der Waals surface area (Å²) in [5.41, 5.74) is 1.10. The zero-order chi connectivity index (χ0) is 18.2. The van der Waals surface area contributed by atoms with Gasteiger partial charge < -0.3 is 20.1 Å². The van der Waals surface area contributed by atoms with Crippen LogP contribution in [0.5, 0.6) is 5.75 Å². The van der Waals surface area contributed by atoms with Gasteiger partial charge in [0.25, 0.3) is 0 Å². The maximum absolute atomic E-state index is 12.2. The van der Waals surface area contributed by atoms with Gasteiger partial charge in [-0.15, -0.1) is 0 Å². The van der Waals surface area contributed by atoms with Crippen LogP contribution in [0.4, 0.5) is 0 Å². The van der Waals surface area contributed by atoms with E-state index in [1.807, 2.05) is 31.2 Å². The third kappa shape index (κ3) is 6.67. The molecule has 1 fully saturated rings. The molecule has 2 rings (SSSR count). The minimum atomic E-state index is -0.509. The van der Waals surface area contributed by atoms with E-state index in [2.05, 4.69) is 17.1 Å². The van der Waals surface area contributed by atoms with Gasteiger partial charge in [0.2, 0.25) is 5.91 Å². The number of benzene rings is 1. The molecule has 2 N–H and O–H groups in total. The molecule has 0 spiro atoms. The summed E-state index contributed by atoms with van der Waals surface area (Å²) >= 11 is 0. The molecule has 1 amide bonds. The molecule has 1 aliphatic heterocycles. The van der Waals surface area contributed by atoms with Crippen LogP contribution in [0.25, 0.3) is 0 Å². The highest BCUT2D eigenvalue weighted by atomic mass is 16.5. The van der Waals surface area contributed by atoms with E-state index in [9.17, 15) is 9.90 Å². The van der Waals surface area contributed by atoms with Crippen molar-refractivity contribution in [2.75, 3.05) is 33.3 Å². The molecule has 2 unspecified atom stereocenters. The van der Waals surface area contributed by atoms with Gasteiger partial charge in [0.1, 0.15) is 5.75 Å². The first kappa shape index (κ1) is 19.7. The minimum absolute atomic E-state index is 0.0119. The number of hydrogen-bond donors (Lipinski definition) is 2. The van der Waals surface area contributed by atoms with Gasteiger partial charge in [0, 0.05) is 19.0 Å². The number of hydrogen-bond acceptors (Lipinski definition) is 4. The van der Waals surface area contributed by atoms with Gasteiger partial charge in [-0.2, -0.15) is 0 Å². The van der Waals surface area contributed by atoms with Crippen LogP contribution in [0.15, 0.2) is 24.3 Å². The predicted molar refractivity (Wildman–Crippen MR) is 99.7 cm³/mol. The lowest BCUT2D eigenvalue weighted by Gasteiger charge is -2.31. The normalized spacial score (nSPS) is 18.6. The third-order valence-corrected chi connectivity index (χ3v) is 5.01. The first-order valence-corrected chi connectivity index (χ1v) is 9.29. The predicted octanol–water partition coefficient (Wildman–Crippen LogP) is 2.08. The summed E-state index contributed by atoms with van der Waals surface area (Å²) in [7, 11) is 1.64. The summed E-state index contributed by atoms with van der Waals surface area (Å²) in [5, 5.41) is 13.1. The second-order valence-corrected chi connectivity index (χ2v) is 7.34. The number of aliphatic hydroxyl groups is 1. The number of nitrogens with zero attached hydrogens (tertiary/aromatic N) is 1. The van der Waals surface area contributed by atoms with Crippen molar-refractivity contribution >= 4 is 5.91 Å². The van der Waals surface area contributed by atoms with Gasteiger partial charge in [0.05, 0.1) is 13.2 Å². The molecule has 1 aliphatic rings. The third-order valence-electron chi connectivity index (χ3n) is 5.01. The fourth-order valence-electron chi connectivity index (χ4n) is 3.21. The van der Waals surface area contributed by atoms with Crippen molar-refractivity contribution in [3.8, 4) is 5.75 Å². The van der Waals surface area contributed by atoms with Gasteiger partial charge in [-0.05, 0) is 56.0 Å². The minimum Gasteiger partial charge on any atom is -0.497 e. The molecule has 5 nitrogen and oxygen atoms in total. The number of β-amino-alcohol motifs (C(OH)–C–C–N with tert-alkyl or cyclic N) is 1. The Balaban J connectivity index is 1.69. The Morgan fingerprint density at radius 3 is 2.56 bits per heavy atom. The Bertz CT molecular complexity index is 524. The molecule has 140 valence electrons. The number of methoxy groups -OCH3 is 1. The largest absolute Gasteiger partial charge is 0.497 e. The van der Waals surface area contributed by atoms with E-state index >= 15 is 0 Å². The Morgan fingerprint density at radius 2 is 1.96 bits per heavy atom. The molecule has 1 aromatic carbocycles. The molecule has 2 atom stereocenters. The van der Waals surface area contributed by atoms with Crippen LogP contribution in [-0.4, -0.2) is 55.3 Å². The maximum Gasteiger partial charge on any atom is 0.223 e. The molecule has 0 radical (unpaired) electrons. The zero-order valence-corrected chi connectivity index (χ0v) is 15.7. The molecular weight excluding hydrogens is 316 g/mol. The SMILES string of the molecule is COc1ccc(CC(C)C(=O)NCC(O)CN2CCC(C)CC2)cc1. The molecule has 1 heterocycles. The van der Waals surface area contributed by atoms with Crippen molar-refractivity contribution in [3.05, 3.63) is 29.8 Å². The lowest BCUT2D eigenvalue weighted by molar-refractivity contribution is -0.125. The van der Waals surface area contributed by atoms with E-state index in [0.29, 0.717) is 19.5 Å². The van der Waals surface area contributed by atoms with E-state index in [1.54, 1.807) is 7.11 Å². The molecule has 25 heavy (non-hydrogen) atoms. The van der Waals surface area contributed by atoms with Crippen LogP contribution >= 0.6 is 0 Å². The maximum atomic E-state index is 12.2. The van der Waals surface area contributed by atoms with Crippen molar-refractivity contribution in [1.29, 1.82) is 0 Å². The second kappa shape index (κ2) is 9.78. The number of aliphatic hydroxyl groups excluding tert-OH is 1. The highest BCUT2D eigenvalue weighted by molar-refractivity contribution is 5.78. The Hall–Kier alpha value is -1.59. The first-order valence-electron chi connectivity index (χ1n) is 9.29. The zero-order valence-electron chi connectivity index (χ0n) is 15.7. The Morgan fingerprint density at radius 1 is 1.32 bits per heavy atom. The summed E-state index contributed by atoms with van der Waals surface area (Å²) in [5.74, 6) is 1.46. The number of carbonyl (C=O) groups excluding carboxylic acids is 1. The molecule has 0 saturated carbocycles. The lowest BCUT2D eigenvalue weighted by Crippen LogP contribution is -2.44. The summed E-state index contributed by atoms with van der Waals surface area (Å²) in [6, 6.07) is 7.77. The van der Waals surface area contributed by atoms with E-state index in [1.165, 1.54) is 12.8 Å². The Kier molecular flexibility index (Phi) is 7.72. The number of nitrogens with one attached hydrogen (secondary N) is 1. The molecule has 0 bridgehead atoms. The standard InChI is InChI=1S/C20H32N2O3/c1-15-8-10-22(11-9-15)14-18(23)13-21-20(24)16(2)12-17-4-6-19(25-3)7-5-17/h4-7,15-16,18,23H,8-14H2,1-3H3,(H,21,24). The summed E-state index contributed by atoms with van der Waals surface area (Å²) in [6.07, 6.45) is 2.55. The van der Waals surface area contributed by atoms with Crippen LogP contribution in [-0.2, 0) is 11.2 Å². The molecular formula is C20H32N2O3. The number of amides is 1. The van der Waals surface area contributed by atoms with E-state index < -0.39 is 6.10 Å². The number of rotatable bonds is 8. The highest BCUT2D eigenvalue weighted by Gasteiger charge is 2.19. The molecule has 5 heteroatoms. The van der Waals surface area contributed by atoms with Crippen molar-refractivity contribution in [2.45, 2.75) is 39.2 Å². The number of piperidine rings is 1. The number of carbonyl (C=O) groups is 1. The van der Waals surface area contributed by atoms with Crippen LogP contribution in [0.2, 0.25) is 0 Å². The topological polar surface area (TPSA) is 61.8 Å². The number of ether oxygens (including phenoxy) is 1. The molecule has 0 aromatic heterocycles. The van der Waals surface area contributed by atoms with Gasteiger partial charge in [0.15, 0.2) is 0 Å². The molecule has 1 saturated heterocycles. The van der Waals surface area contributed by atoms with E-state index in [4.69, 9.17) is 4.74 Å². The van der Waals surface area contributed by atoms with Crippen LogP contribution in [0.3, 0.4) is 0 Å². The van der Waals surface area contributed by atoms with Gasteiger partial charge in [-0.3, -0.25) is 4.79 Å². The quantitative estimate of drug-likeness (QED) is 0.755. The molecule has 0 aliphatic carbocycles. The van der Waals surface area contributed by atoms with Crippen LogP contribution in [0.1, 0.15) is 32.3 Å². The molecule has 1 aromatic rings. The monoisotopic (exact) mass is 348 g/mol. The van der Waals surface area contributed by atoms with Crippen molar-refractivity contribution in [3.63, 3.8) is 0 Å². The van der Waals surface area contributed by atoms with Crippen molar-refractivity contribution in [2.24, 2.45) is 11.8 Å².